The molecule has 0 saturated carbocycles. The maximum atomic E-state index is 4.77. The third-order valence-corrected chi connectivity index (χ3v) is 9.55. The molecule has 0 spiro atoms. The third kappa shape index (κ3) is 6.35. The van der Waals surface area contributed by atoms with Crippen molar-refractivity contribution >= 4 is 64.8 Å². The predicted molar refractivity (Wildman–Crippen MR) is 161 cm³/mol. The molecule has 36 heavy (non-hydrogen) atoms. The van der Waals surface area contributed by atoms with Gasteiger partial charge in [0.2, 0.25) is 0 Å². The summed E-state index contributed by atoms with van der Waals surface area (Å²) in [6.07, 6.45) is 0. The summed E-state index contributed by atoms with van der Waals surface area (Å²) < 4.78 is 2.23. The summed E-state index contributed by atoms with van der Waals surface area (Å²) in [5.41, 5.74) is 4.44. The molecule has 6 rings (SSSR count). The molecule has 0 radical (unpaired) electrons. The van der Waals surface area contributed by atoms with Crippen molar-refractivity contribution in [1.29, 1.82) is 0 Å². The van der Waals surface area contributed by atoms with Crippen LogP contribution in [0.15, 0.2) is 68.2 Å². The molecule has 2 fully saturated rings. The Balaban J connectivity index is 0.000000148. The fourth-order valence-electron chi connectivity index (χ4n) is 4.11. The number of thiazole rings is 2. The molecular weight excluding hydrogens is 620 g/mol. The van der Waals surface area contributed by atoms with Gasteiger partial charge in [0.1, 0.15) is 0 Å². The van der Waals surface area contributed by atoms with Crippen molar-refractivity contribution in [2.45, 2.75) is 0 Å². The largest absolute Gasteiger partial charge is 0.345 e. The highest BCUT2D eigenvalue weighted by Gasteiger charge is 2.19. The molecule has 2 aliphatic rings. The van der Waals surface area contributed by atoms with Crippen LogP contribution in [-0.2, 0) is 0 Å². The van der Waals surface area contributed by atoms with Crippen LogP contribution in [0.1, 0.15) is 0 Å². The molecule has 2 saturated heterocycles. The van der Waals surface area contributed by atoms with E-state index < -0.39 is 0 Å². The van der Waals surface area contributed by atoms with Crippen molar-refractivity contribution < 1.29 is 0 Å². The predicted octanol–water partition coefficient (Wildman–Crippen LogP) is 5.96. The Morgan fingerprint density at radius 3 is 1.31 bits per heavy atom. The molecule has 0 unspecified atom stereocenters. The third-order valence-electron chi connectivity index (χ3n) is 6.02. The van der Waals surface area contributed by atoms with Crippen LogP contribution in [0, 0.1) is 0 Å². The van der Waals surface area contributed by atoms with Gasteiger partial charge in [0, 0.05) is 63.5 Å². The fraction of sp³-hybridized carbons (Fsp3) is 0.308. The maximum Gasteiger partial charge on any atom is 0.187 e. The van der Waals surface area contributed by atoms with Gasteiger partial charge in [-0.2, -0.15) is 0 Å². The number of hydrogen-bond acceptors (Lipinski definition) is 8. The molecule has 4 heterocycles. The first-order valence-corrected chi connectivity index (χ1v) is 15.3. The number of halogens is 2. The van der Waals surface area contributed by atoms with E-state index in [1.54, 1.807) is 22.7 Å². The van der Waals surface area contributed by atoms with Crippen LogP contribution in [0.25, 0.3) is 22.5 Å². The van der Waals surface area contributed by atoms with E-state index in [-0.39, 0.29) is 0 Å². The number of benzene rings is 2. The van der Waals surface area contributed by atoms with Crippen LogP contribution in [0.2, 0.25) is 0 Å². The Kier molecular flexibility index (Phi) is 9.05. The maximum absolute atomic E-state index is 4.77. The monoisotopic (exact) mass is 646 g/mol. The Bertz CT molecular complexity index is 1140. The summed E-state index contributed by atoms with van der Waals surface area (Å²) in [4.78, 5) is 14.2. The smallest absolute Gasteiger partial charge is 0.187 e. The average Bonchev–Trinajstić information content (AvgIpc) is 3.54. The first-order chi connectivity index (χ1) is 17.7. The Morgan fingerprint density at radius 1 is 0.583 bits per heavy atom. The highest BCUT2D eigenvalue weighted by atomic mass is 79.9. The van der Waals surface area contributed by atoms with E-state index in [1.807, 2.05) is 36.4 Å². The van der Waals surface area contributed by atoms with E-state index in [0.29, 0.717) is 0 Å². The molecule has 2 aromatic carbocycles. The molecule has 4 aromatic rings. The fourth-order valence-corrected chi connectivity index (χ4v) is 7.35. The number of hydrogen-bond donors (Lipinski definition) is 2. The molecule has 0 bridgehead atoms. The molecule has 6 nitrogen and oxygen atoms in total. The van der Waals surface area contributed by atoms with E-state index >= 15 is 0 Å². The van der Waals surface area contributed by atoms with Crippen LogP contribution in [0.4, 0.5) is 10.3 Å². The lowest BCUT2D eigenvalue weighted by atomic mass is 10.2. The highest BCUT2D eigenvalue weighted by Crippen LogP contribution is 2.38. The van der Waals surface area contributed by atoms with Crippen LogP contribution < -0.4 is 20.4 Å². The number of nitrogens with zero attached hydrogens (tertiary/aromatic N) is 4. The normalized spacial score (nSPS) is 15.9. The van der Waals surface area contributed by atoms with Crippen molar-refractivity contribution in [2.75, 3.05) is 62.2 Å². The molecule has 0 amide bonds. The molecule has 2 N–H and O–H groups in total. The zero-order valence-electron chi connectivity index (χ0n) is 19.8. The quantitative estimate of drug-likeness (QED) is 0.285. The van der Waals surface area contributed by atoms with Gasteiger partial charge in [-0.3, -0.25) is 0 Å². The van der Waals surface area contributed by atoms with Gasteiger partial charge in [-0.1, -0.05) is 83.3 Å². The zero-order valence-corrected chi connectivity index (χ0v) is 24.6. The molecule has 0 aliphatic carbocycles. The minimum Gasteiger partial charge on any atom is -0.345 e. The summed E-state index contributed by atoms with van der Waals surface area (Å²) in [5, 5.41) is 8.95. The van der Waals surface area contributed by atoms with E-state index in [9.17, 15) is 0 Å². The first-order valence-electron chi connectivity index (χ1n) is 12.0. The molecule has 188 valence electrons. The van der Waals surface area contributed by atoms with Crippen molar-refractivity contribution in [3.05, 3.63) is 68.2 Å². The summed E-state index contributed by atoms with van der Waals surface area (Å²) >= 11 is 10.7. The van der Waals surface area contributed by atoms with Gasteiger partial charge in [-0.05, 0) is 31.9 Å². The van der Waals surface area contributed by atoms with Crippen LogP contribution >= 0.6 is 54.5 Å². The standard InChI is InChI=1S/2C13H14BrN3S/c2*14-12-11(10-4-2-1-3-5-10)16-13(18-12)17-8-6-15-7-9-17/h2*1-5,15H,6-9H2. The number of piperazine rings is 2. The number of nitrogens with one attached hydrogen (secondary N) is 2. The van der Waals surface area contributed by atoms with Crippen molar-refractivity contribution in [3.8, 4) is 22.5 Å². The van der Waals surface area contributed by atoms with Crippen LogP contribution in [0.5, 0.6) is 0 Å². The average molecular weight is 648 g/mol. The van der Waals surface area contributed by atoms with Gasteiger partial charge in [-0.15, -0.1) is 0 Å². The Hall–Kier alpha value is -1.82. The highest BCUT2D eigenvalue weighted by molar-refractivity contribution is 9.11. The van der Waals surface area contributed by atoms with Gasteiger partial charge < -0.3 is 20.4 Å². The van der Waals surface area contributed by atoms with Crippen LogP contribution in [-0.4, -0.2) is 62.3 Å². The minimum absolute atomic E-state index is 1.04. The van der Waals surface area contributed by atoms with Gasteiger partial charge in [0.25, 0.3) is 0 Å². The van der Waals surface area contributed by atoms with Crippen LogP contribution in [0.3, 0.4) is 0 Å². The molecule has 2 aliphatic heterocycles. The topological polar surface area (TPSA) is 56.3 Å². The van der Waals surface area contributed by atoms with Crippen molar-refractivity contribution in [3.63, 3.8) is 0 Å². The number of rotatable bonds is 4. The lowest BCUT2D eigenvalue weighted by Crippen LogP contribution is -2.43. The summed E-state index contributed by atoms with van der Waals surface area (Å²) in [7, 11) is 0. The van der Waals surface area contributed by atoms with E-state index in [0.717, 1.165) is 81.6 Å². The first kappa shape index (κ1) is 25.8. The Labute approximate surface area is 237 Å². The Morgan fingerprint density at radius 2 is 0.944 bits per heavy atom. The van der Waals surface area contributed by atoms with Gasteiger partial charge in [0.15, 0.2) is 10.3 Å². The summed E-state index contributed by atoms with van der Waals surface area (Å²) in [5.74, 6) is 0. The molecule has 0 atom stereocenters. The second-order valence-corrected chi connectivity index (χ2v) is 13.0. The SMILES string of the molecule is Brc1sc(N2CCNCC2)nc1-c1ccccc1.Brc1sc(N2CCNCC2)nc1-c1ccccc1. The number of aromatic nitrogens is 2. The summed E-state index contributed by atoms with van der Waals surface area (Å²) in [6.45, 7) is 8.30. The zero-order chi connectivity index (χ0) is 24.7. The number of anilines is 2. The lowest BCUT2D eigenvalue weighted by Gasteiger charge is -2.26. The van der Waals surface area contributed by atoms with E-state index in [2.05, 4.69) is 76.6 Å². The molecular formula is C26H28Br2N6S2. The van der Waals surface area contributed by atoms with Gasteiger partial charge in [0.05, 0.1) is 19.0 Å². The lowest BCUT2D eigenvalue weighted by molar-refractivity contribution is 0.588. The molecule has 10 heteroatoms. The van der Waals surface area contributed by atoms with Gasteiger partial charge in [-0.25, -0.2) is 9.97 Å². The van der Waals surface area contributed by atoms with Crippen molar-refractivity contribution in [2.24, 2.45) is 0 Å². The minimum atomic E-state index is 1.04. The van der Waals surface area contributed by atoms with Gasteiger partial charge >= 0.3 is 0 Å². The van der Waals surface area contributed by atoms with E-state index in [1.165, 1.54) is 11.1 Å². The second kappa shape index (κ2) is 12.6. The van der Waals surface area contributed by atoms with E-state index in [4.69, 9.17) is 9.97 Å². The van der Waals surface area contributed by atoms with Crippen molar-refractivity contribution in [1.82, 2.24) is 20.6 Å². The second-order valence-electron chi connectivity index (χ2n) is 8.44. The molecule has 2 aromatic heterocycles. The summed E-state index contributed by atoms with van der Waals surface area (Å²) in [6, 6.07) is 20.6.